The molecule has 3 heterocycles. The fourth-order valence-electron chi connectivity index (χ4n) is 8.19. The molecule has 1 amide bonds. The number of aryl methyl sites for hydroxylation is 1. The predicted octanol–water partition coefficient (Wildman–Crippen LogP) is 6.31. The molecule has 1 aromatic heterocycles. The van der Waals surface area contributed by atoms with Crippen molar-refractivity contribution in [3.63, 3.8) is 0 Å². The lowest BCUT2D eigenvalue weighted by atomic mass is 9.62. The van der Waals surface area contributed by atoms with Gasteiger partial charge in [0.2, 0.25) is 16.0 Å². The van der Waals surface area contributed by atoms with E-state index in [-0.39, 0.29) is 28.7 Å². The van der Waals surface area contributed by atoms with E-state index in [9.17, 15) is 22.7 Å². The number of ether oxygens (including phenoxy) is 1. The van der Waals surface area contributed by atoms with Crippen LogP contribution < -0.4 is 14.4 Å². The molecule has 6 atom stereocenters. The first-order valence-corrected chi connectivity index (χ1v) is 18.7. The molecule has 0 saturated heterocycles. The normalized spacial score (nSPS) is 32.1. The minimum Gasteiger partial charge on any atom is -0.490 e. The van der Waals surface area contributed by atoms with Crippen LogP contribution in [0.2, 0.25) is 5.02 Å². The van der Waals surface area contributed by atoms with Gasteiger partial charge in [-0.3, -0.25) is 4.79 Å². The van der Waals surface area contributed by atoms with Gasteiger partial charge in [0.15, 0.2) is 0 Å². The molecule has 2 aliphatic carbocycles. The lowest BCUT2D eigenvalue weighted by Crippen LogP contribution is -2.51. The number of fused-ring (bicyclic) bond motifs is 4. The van der Waals surface area contributed by atoms with Gasteiger partial charge in [-0.15, -0.1) is 0 Å². The van der Waals surface area contributed by atoms with Gasteiger partial charge in [0.05, 0.1) is 17.5 Å². The predicted molar refractivity (Wildman–Crippen MR) is 183 cm³/mol. The van der Waals surface area contributed by atoms with Crippen LogP contribution in [0.4, 0.5) is 10.1 Å². The van der Waals surface area contributed by atoms with Crippen LogP contribution in [0.1, 0.15) is 73.0 Å². The molecule has 2 aliphatic heterocycles. The van der Waals surface area contributed by atoms with Crippen LogP contribution in [0, 0.1) is 23.7 Å². The first-order valence-electron chi connectivity index (χ1n) is 16.8. The number of aromatic nitrogens is 1. The Labute approximate surface area is 286 Å². The van der Waals surface area contributed by atoms with Gasteiger partial charge in [0, 0.05) is 46.8 Å². The number of hydrogen-bond donors (Lipinski definition) is 2. The Morgan fingerprint density at radius 3 is 2.71 bits per heavy atom. The minimum absolute atomic E-state index is 0.0445. The number of hydrogen-bond acceptors (Lipinski definition) is 7. The number of carbonyl (C=O) groups is 1. The molecule has 2 N–H and O–H groups in total. The van der Waals surface area contributed by atoms with Crippen molar-refractivity contribution in [2.24, 2.45) is 17.8 Å². The third-order valence-corrected chi connectivity index (χ3v) is 13.5. The molecule has 1 spiro atoms. The molecule has 1 saturated carbocycles. The zero-order chi connectivity index (χ0) is 33.8. The Kier molecular flexibility index (Phi) is 8.57. The number of amides is 1. The molecule has 48 heavy (non-hydrogen) atoms. The van der Waals surface area contributed by atoms with E-state index in [2.05, 4.69) is 20.7 Å². The summed E-state index contributed by atoms with van der Waals surface area (Å²) in [5.41, 5.74) is 2.03. The molecule has 0 radical (unpaired) electrons. The Balaban J connectivity index is 1.35. The molecule has 1 fully saturated rings. The Bertz CT molecular complexity index is 1870. The van der Waals surface area contributed by atoms with Gasteiger partial charge in [-0.25, -0.2) is 18.1 Å². The summed E-state index contributed by atoms with van der Waals surface area (Å²) in [5, 5.41) is 12.3. The number of aliphatic hydroxyl groups is 1. The fourth-order valence-corrected chi connectivity index (χ4v) is 9.67. The van der Waals surface area contributed by atoms with Crippen LogP contribution in [-0.4, -0.2) is 49.4 Å². The van der Waals surface area contributed by atoms with E-state index in [1.165, 1.54) is 23.4 Å². The average molecular weight is 694 g/mol. The molecule has 2 aromatic carbocycles. The van der Waals surface area contributed by atoms with Gasteiger partial charge >= 0.3 is 0 Å². The summed E-state index contributed by atoms with van der Waals surface area (Å²) in [6.45, 7) is 4.98. The SMILES string of the molecule is C[C@@H]1[C@@H](C)C/C=C\[C@](O)(c2ccc(F)nc2)[C@@H]2CC[C@H]2CN2C[C@@]3(CCCc4cc(Cl)ccc43)COc3ccc(cc32)C(=O)NS1(=O)=O. The number of pyridine rings is 1. The van der Waals surface area contributed by atoms with Gasteiger partial charge in [-0.2, -0.15) is 4.39 Å². The number of anilines is 1. The number of nitrogens with zero attached hydrogens (tertiary/aromatic N) is 2. The van der Waals surface area contributed by atoms with Crippen LogP contribution in [-0.2, 0) is 27.5 Å². The molecule has 3 aromatic rings. The van der Waals surface area contributed by atoms with Crippen molar-refractivity contribution in [3.8, 4) is 5.75 Å². The molecule has 8 nitrogen and oxygen atoms in total. The van der Waals surface area contributed by atoms with Crippen molar-refractivity contribution < 1.29 is 27.4 Å². The highest BCUT2D eigenvalue weighted by Crippen LogP contribution is 2.50. The van der Waals surface area contributed by atoms with Crippen molar-refractivity contribution >= 4 is 33.2 Å². The molecule has 254 valence electrons. The van der Waals surface area contributed by atoms with Crippen molar-refractivity contribution in [3.05, 3.63) is 100 Å². The lowest BCUT2D eigenvalue weighted by molar-refractivity contribution is -0.0503. The van der Waals surface area contributed by atoms with E-state index in [4.69, 9.17) is 16.3 Å². The summed E-state index contributed by atoms with van der Waals surface area (Å²) in [7, 11) is -4.03. The highest BCUT2D eigenvalue weighted by atomic mass is 35.5. The highest BCUT2D eigenvalue weighted by Gasteiger charge is 2.49. The third kappa shape index (κ3) is 5.90. The van der Waals surface area contributed by atoms with Crippen LogP contribution in [0.5, 0.6) is 5.75 Å². The smallest absolute Gasteiger partial charge is 0.264 e. The van der Waals surface area contributed by atoms with Gasteiger partial charge in [0.1, 0.15) is 11.4 Å². The molecule has 11 heteroatoms. The maximum Gasteiger partial charge on any atom is 0.264 e. The van der Waals surface area contributed by atoms with Crippen molar-refractivity contribution in [1.82, 2.24) is 9.71 Å². The van der Waals surface area contributed by atoms with Crippen LogP contribution in [0.15, 0.2) is 66.9 Å². The fraction of sp³-hybridized carbons (Fsp3) is 0.459. The number of nitrogens with one attached hydrogen (secondary N) is 1. The number of allylic oxidation sites excluding steroid dienone is 1. The summed E-state index contributed by atoms with van der Waals surface area (Å²) in [5.74, 6) is -1.23. The number of carbonyl (C=O) groups excluding carboxylic acids is 1. The molecular weight excluding hydrogens is 653 g/mol. The molecular formula is C37H41ClFN3O5S. The van der Waals surface area contributed by atoms with E-state index >= 15 is 0 Å². The van der Waals surface area contributed by atoms with E-state index in [1.54, 1.807) is 44.2 Å². The standard InChI is InChI=1S/C37H41ClFN3O5S/c1-23-5-3-16-37(44,28-9-14-34(39)40-19-28)31-11-7-27(31)20-42-21-36(15-4-6-25-17-29(38)10-12-30(25)36)22-47-33-13-8-26(18-32(33)42)35(43)41-48(45,46)24(23)2/h3,8-10,12-14,16-19,23-24,27,31,44H,4-7,11,15,20-22H2,1-2H3,(H,41,43)/b16-3-/t23-,24+,27-,31+,36-,37-/m0/s1. The van der Waals surface area contributed by atoms with Gasteiger partial charge in [-0.05, 0) is 111 Å². The lowest BCUT2D eigenvalue weighted by Gasteiger charge is -2.49. The highest BCUT2D eigenvalue weighted by molar-refractivity contribution is 7.90. The zero-order valence-electron chi connectivity index (χ0n) is 27.2. The summed E-state index contributed by atoms with van der Waals surface area (Å²) in [6.07, 6.45) is 9.69. The van der Waals surface area contributed by atoms with E-state index in [0.717, 1.165) is 32.1 Å². The minimum atomic E-state index is -4.03. The largest absolute Gasteiger partial charge is 0.490 e. The molecule has 7 rings (SSSR count). The molecule has 0 unspecified atom stereocenters. The van der Waals surface area contributed by atoms with E-state index in [0.29, 0.717) is 48.1 Å². The summed E-state index contributed by atoms with van der Waals surface area (Å²) in [6, 6.07) is 14.0. The summed E-state index contributed by atoms with van der Waals surface area (Å²) >= 11 is 6.42. The van der Waals surface area contributed by atoms with Crippen LogP contribution >= 0.6 is 11.6 Å². The van der Waals surface area contributed by atoms with Crippen molar-refractivity contribution in [1.29, 1.82) is 0 Å². The Morgan fingerprint density at radius 2 is 1.96 bits per heavy atom. The second-order valence-corrected chi connectivity index (χ2v) is 16.7. The zero-order valence-corrected chi connectivity index (χ0v) is 28.7. The number of sulfonamides is 1. The summed E-state index contributed by atoms with van der Waals surface area (Å²) in [4.78, 5) is 19.6. The molecule has 2 bridgehead atoms. The monoisotopic (exact) mass is 693 g/mol. The van der Waals surface area contributed by atoms with Crippen LogP contribution in [0.25, 0.3) is 0 Å². The quantitative estimate of drug-likeness (QED) is 0.227. The second-order valence-electron chi connectivity index (χ2n) is 14.2. The number of rotatable bonds is 1. The van der Waals surface area contributed by atoms with Gasteiger partial charge < -0.3 is 14.7 Å². The van der Waals surface area contributed by atoms with Gasteiger partial charge in [0.25, 0.3) is 5.91 Å². The average Bonchev–Trinajstić information content (AvgIpc) is 3.19. The van der Waals surface area contributed by atoms with Crippen molar-refractivity contribution in [2.75, 3.05) is 24.6 Å². The number of halogens is 2. The van der Waals surface area contributed by atoms with E-state index in [1.807, 2.05) is 18.2 Å². The first kappa shape index (κ1) is 33.0. The topological polar surface area (TPSA) is 109 Å². The maximum absolute atomic E-state index is 13.9. The third-order valence-electron chi connectivity index (χ3n) is 11.3. The van der Waals surface area contributed by atoms with Crippen molar-refractivity contribution in [2.45, 2.75) is 68.6 Å². The van der Waals surface area contributed by atoms with Gasteiger partial charge in [-0.1, -0.05) is 36.7 Å². The number of benzene rings is 2. The Morgan fingerprint density at radius 1 is 1.12 bits per heavy atom. The van der Waals surface area contributed by atoms with Crippen LogP contribution in [0.3, 0.4) is 0 Å². The van der Waals surface area contributed by atoms with E-state index < -0.39 is 32.7 Å². The first-order chi connectivity index (χ1) is 22.9. The summed E-state index contributed by atoms with van der Waals surface area (Å²) < 4.78 is 49.6. The Hall–Kier alpha value is -3.47. The molecule has 4 aliphatic rings. The maximum atomic E-state index is 13.9. The second kappa shape index (κ2) is 12.4.